The Bertz CT molecular complexity index is 1400. The molecule has 0 aliphatic carbocycles. The van der Waals surface area contributed by atoms with Crippen LogP contribution < -0.4 is 16.0 Å². The van der Waals surface area contributed by atoms with Crippen LogP contribution in [0.1, 0.15) is 31.5 Å². The van der Waals surface area contributed by atoms with Gasteiger partial charge in [-0.1, -0.05) is 37.6 Å². The molecule has 0 N–H and O–H groups in total. The number of ether oxygens (including phenoxy) is 1. The van der Waals surface area contributed by atoms with Gasteiger partial charge in [-0.2, -0.15) is 4.98 Å². The first kappa shape index (κ1) is 22.8. The lowest BCUT2D eigenvalue weighted by Gasteiger charge is -2.12. The normalized spacial score (nSPS) is 11.5. The second-order valence-corrected chi connectivity index (χ2v) is 8.93. The molecule has 33 heavy (non-hydrogen) atoms. The van der Waals surface area contributed by atoms with Gasteiger partial charge < -0.3 is 4.74 Å². The fourth-order valence-corrected chi connectivity index (χ4v) is 3.68. The van der Waals surface area contributed by atoms with Crippen molar-refractivity contribution < 1.29 is 4.74 Å². The van der Waals surface area contributed by atoms with E-state index in [9.17, 15) is 9.59 Å². The Hall–Kier alpha value is -3.39. The Kier molecular flexibility index (Phi) is 6.37. The van der Waals surface area contributed by atoms with Crippen LogP contribution in [-0.2, 0) is 20.1 Å². The zero-order valence-corrected chi connectivity index (χ0v) is 19.8. The Balaban J connectivity index is 1.91. The van der Waals surface area contributed by atoms with Crippen molar-refractivity contribution in [3.8, 4) is 11.8 Å². The lowest BCUT2D eigenvalue weighted by atomic mass is 10.1. The maximum absolute atomic E-state index is 13.5. The van der Waals surface area contributed by atoms with E-state index in [-0.39, 0.29) is 17.2 Å². The minimum Gasteiger partial charge on any atom is -0.424 e. The Morgan fingerprint density at radius 3 is 2.42 bits per heavy atom. The highest BCUT2D eigenvalue weighted by molar-refractivity contribution is 6.30. The van der Waals surface area contributed by atoms with Gasteiger partial charge in [-0.3, -0.25) is 23.5 Å². The van der Waals surface area contributed by atoms with E-state index in [1.807, 2.05) is 25.1 Å². The maximum atomic E-state index is 13.5. The summed E-state index contributed by atoms with van der Waals surface area (Å²) in [6, 6.07) is 11.2. The molecule has 9 heteroatoms. The molecule has 3 aromatic heterocycles. The Labute approximate surface area is 196 Å². The Morgan fingerprint density at radius 2 is 1.79 bits per heavy atom. The summed E-state index contributed by atoms with van der Waals surface area (Å²) in [4.78, 5) is 35.2. The van der Waals surface area contributed by atoms with Gasteiger partial charge in [0.15, 0.2) is 11.2 Å². The molecular formula is C24H26ClN5O3. The van der Waals surface area contributed by atoms with Crippen LogP contribution in [0.15, 0.2) is 52.2 Å². The van der Waals surface area contributed by atoms with E-state index in [0.717, 1.165) is 11.3 Å². The first-order valence-electron chi connectivity index (χ1n) is 10.8. The van der Waals surface area contributed by atoms with Crippen LogP contribution in [0.3, 0.4) is 0 Å². The third-order valence-corrected chi connectivity index (χ3v) is 5.73. The third-order valence-electron chi connectivity index (χ3n) is 5.47. The van der Waals surface area contributed by atoms with Gasteiger partial charge in [0.25, 0.3) is 5.56 Å². The minimum atomic E-state index is -0.396. The van der Waals surface area contributed by atoms with E-state index in [1.165, 1.54) is 9.13 Å². The molecule has 0 saturated heterocycles. The average Bonchev–Trinajstić information content (AvgIpc) is 3.13. The van der Waals surface area contributed by atoms with E-state index >= 15 is 0 Å². The summed E-state index contributed by atoms with van der Waals surface area (Å²) >= 11 is 6.04. The summed E-state index contributed by atoms with van der Waals surface area (Å²) in [5, 5.41) is 0.620. The number of nitrogens with zero attached hydrogens (tertiary/aromatic N) is 5. The van der Waals surface area contributed by atoms with Crippen LogP contribution in [0.2, 0.25) is 5.02 Å². The van der Waals surface area contributed by atoms with Gasteiger partial charge in [-0.25, -0.2) is 4.79 Å². The van der Waals surface area contributed by atoms with Crippen LogP contribution in [0, 0.1) is 12.8 Å². The molecule has 0 amide bonds. The first-order chi connectivity index (χ1) is 15.7. The van der Waals surface area contributed by atoms with Crippen molar-refractivity contribution in [3.05, 3.63) is 79.7 Å². The number of imidazole rings is 1. The van der Waals surface area contributed by atoms with Crippen molar-refractivity contribution in [2.45, 2.75) is 40.3 Å². The lowest BCUT2D eigenvalue weighted by molar-refractivity contribution is 0.419. The summed E-state index contributed by atoms with van der Waals surface area (Å²) in [5.74, 6) is 0.836. The van der Waals surface area contributed by atoms with Gasteiger partial charge in [0.05, 0.1) is 12.7 Å². The number of fused-ring (bicyclic) bond motifs is 1. The number of hydrogen-bond donors (Lipinski definition) is 0. The van der Waals surface area contributed by atoms with E-state index < -0.39 is 5.69 Å². The van der Waals surface area contributed by atoms with Gasteiger partial charge in [0, 0.05) is 24.3 Å². The Morgan fingerprint density at radius 1 is 1.06 bits per heavy atom. The van der Waals surface area contributed by atoms with Crippen molar-refractivity contribution in [3.63, 3.8) is 0 Å². The van der Waals surface area contributed by atoms with Crippen molar-refractivity contribution in [1.29, 1.82) is 0 Å². The SMILES string of the molecule is Cc1ccc(Oc2nc3c(c(=O)n(CCC(C)C)c(=O)n3C)n2Cc2ccc(Cl)cc2)cn1. The molecule has 4 aromatic rings. The molecule has 172 valence electrons. The van der Waals surface area contributed by atoms with Gasteiger partial charge in [0.1, 0.15) is 5.75 Å². The molecule has 1 aromatic carbocycles. The molecule has 0 radical (unpaired) electrons. The van der Waals surface area contributed by atoms with Crippen LogP contribution in [0.4, 0.5) is 0 Å². The van der Waals surface area contributed by atoms with Gasteiger partial charge in [-0.05, 0) is 49.1 Å². The predicted molar refractivity (Wildman–Crippen MR) is 128 cm³/mol. The second-order valence-electron chi connectivity index (χ2n) is 8.50. The number of pyridine rings is 1. The molecule has 0 atom stereocenters. The maximum Gasteiger partial charge on any atom is 0.332 e. The molecule has 3 heterocycles. The van der Waals surface area contributed by atoms with E-state index in [4.69, 9.17) is 16.3 Å². The van der Waals surface area contributed by atoms with E-state index in [1.54, 1.807) is 36.0 Å². The summed E-state index contributed by atoms with van der Waals surface area (Å²) in [5.41, 5.74) is 1.57. The quantitative estimate of drug-likeness (QED) is 0.408. The number of benzene rings is 1. The molecule has 0 bridgehead atoms. The van der Waals surface area contributed by atoms with Crippen molar-refractivity contribution in [2.75, 3.05) is 0 Å². The number of hydrogen-bond acceptors (Lipinski definition) is 5. The number of rotatable bonds is 7. The van der Waals surface area contributed by atoms with Crippen LogP contribution in [-0.4, -0.2) is 23.7 Å². The predicted octanol–water partition coefficient (Wildman–Crippen LogP) is 4.14. The molecule has 4 rings (SSSR count). The highest BCUT2D eigenvalue weighted by Gasteiger charge is 2.22. The highest BCUT2D eigenvalue weighted by Crippen LogP contribution is 2.25. The molecule has 0 unspecified atom stereocenters. The number of aryl methyl sites for hydroxylation is 2. The molecule has 0 aliphatic heterocycles. The van der Waals surface area contributed by atoms with Crippen LogP contribution >= 0.6 is 11.6 Å². The monoisotopic (exact) mass is 467 g/mol. The smallest absolute Gasteiger partial charge is 0.332 e. The summed E-state index contributed by atoms with van der Waals surface area (Å²) in [7, 11) is 1.62. The van der Waals surface area contributed by atoms with Gasteiger partial charge >= 0.3 is 11.7 Å². The largest absolute Gasteiger partial charge is 0.424 e. The average molecular weight is 468 g/mol. The molecule has 8 nitrogen and oxygen atoms in total. The number of aromatic nitrogens is 5. The lowest BCUT2D eigenvalue weighted by Crippen LogP contribution is -2.40. The van der Waals surface area contributed by atoms with E-state index in [2.05, 4.69) is 23.8 Å². The zero-order valence-electron chi connectivity index (χ0n) is 19.1. The molecule has 0 saturated carbocycles. The van der Waals surface area contributed by atoms with Gasteiger partial charge in [0.2, 0.25) is 0 Å². The topological polar surface area (TPSA) is 83.9 Å². The summed E-state index contributed by atoms with van der Waals surface area (Å²) in [6.07, 6.45) is 2.31. The fraction of sp³-hybridized carbons (Fsp3) is 0.333. The van der Waals surface area contributed by atoms with Crippen LogP contribution in [0.5, 0.6) is 11.8 Å². The van der Waals surface area contributed by atoms with Crippen molar-refractivity contribution in [2.24, 2.45) is 13.0 Å². The number of halogens is 1. The second kappa shape index (κ2) is 9.23. The molecule has 0 spiro atoms. The fourth-order valence-electron chi connectivity index (χ4n) is 3.55. The summed E-state index contributed by atoms with van der Waals surface area (Å²) in [6.45, 7) is 6.65. The molecule has 0 fully saturated rings. The zero-order chi connectivity index (χ0) is 23.7. The standard InChI is InChI=1S/C24H26ClN5O3/c1-15(2)11-12-29-22(31)20-21(28(4)24(29)32)27-23(33-19-10-5-16(3)26-13-19)30(20)14-17-6-8-18(25)9-7-17/h5-10,13,15H,11-12,14H2,1-4H3. The summed E-state index contributed by atoms with van der Waals surface area (Å²) < 4.78 is 10.4. The van der Waals surface area contributed by atoms with Crippen molar-refractivity contribution >= 4 is 22.8 Å². The first-order valence-corrected chi connectivity index (χ1v) is 11.2. The van der Waals surface area contributed by atoms with Crippen LogP contribution in [0.25, 0.3) is 11.2 Å². The van der Waals surface area contributed by atoms with E-state index in [0.29, 0.717) is 41.7 Å². The van der Waals surface area contributed by atoms with Crippen molar-refractivity contribution in [1.82, 2.24) is 23.7 Å². The third kappa shape index (κ3) is 4.71. The highest BCUT2D eigenvalue weighted by atomic mass is 35.5. The molecule has 0 aliphatic rings. The van der Waals surface area contributed by atoms with Gasteiger partial charge in [-0.15, -0.1) is 0 Å². The molecular weight excluding hydrogens is 442 g/mol. The minimum absolute atomic E-state index is 0.208.